The summed E-state index contributed by atoms with van der Waals surface area (Å²) >= 11 is 0. The lowest BCUT2D eigenvalue weighted by atomic mass is 10.1. The predicted octanol–water partition coefficient (Wildman–Crippen LogP) is 0.00580. The van der Waals surface area contributed by atoms with Gasteiger partial charge in [-0.2, -0.15) is 0 Å². The van der Waals surface area contributed by atoms with Gasteiger partial charge in [-0.15, -0.1) is 0 Å². The van der Waals surface area contributed by atoms with E-state index in [9.17, 15) is 13.6 Å². The lowest BCUT2D eigenvalue weighted by Crippen LogP contribution is -2.47. The Morgan fingerprint density at radius 1 is 1.37 bits per heavy atom. The minimum absolute atomic E-state index is 0.0874. The first-order chi connectivity index (χ1) is 8.84. The number of alkyl halides is 2. The average molecular weight is 274 g/mol. The summed E-state index contributed by atoms with van der Waals surface area (Å²) in [5.74, 6) is -3.99. The molecule has 106 valence electrons. The fraction of sp³-hybridized carbons (Fsp3) is 0.417. The van der Waals surface area contributed by atoms with Gasteiger partial charge in [-0.3, -0.25) is 4.79 Å². The Kier molecular flexibility index (Phi) is 5.20. The van der Waals surface area contributed by atoms with Crippen LogP contribution in [0.3, 0.4) is 0 Å². The van der Waals surface area contributed by atoms with Crippen LogP contribution in [0.1, 0.15) is 5.56 Å². The third kappa shape index (κ3) is 5.19. The number of aliphatic hydroxyl groups is 1. The van der Waals surface area contributed by atoms with Gasteiger partial charge in [0, 0.05) is 0 Å². The molecule has 1 aromatic carbocycles. The molecule has 5 N–H and O–H groups in total. The average Bonchev–Trinajstić information content (AvgIpc) is 2.38. The van der Waals surface area contributed by atoms with Crippen LogP contribution in [-0.4, -0.2) is 41.2 Å². The number of nitrogens with one attached hydrogen (secondary N) is 1. The zero-order valence-corrected chi connectivity index (χ0v) is 10.1. The van der Waals surface area contributed by atoms with Crippen LogP contribution in [0, 0.1) is 0 Å². The maximum absolute atomic E-state index is 12.7. The van der Waals surface area contributed by atoms with Crippen LogP contribution < -0.4 is 11.1 Å². The van der Waals surface area contributed by atoms with Gasteiger partial charge in [0.05, 0.1) is 12.6 Å². The van der Waals surface area contributed by atoms with Gasteiger partial charge in [0.25, 0.3) is 5.92 Å². The van der Waals surface area contributed by atoms with E-state index in [1.165, 1.54) is 12.1 Å². The summed E-state index contributed by atoms with van der Waals surface area (Å²) in [5, 5.41) is 19.4. The van der Waals surface area contributed by atoms with E-state index in [-0.39, 0.29) is 12.2 Å². The number of amides is 1. The topological polar surface area (TPSA) is 95.6 Å². The molecule has 5 nitrogen and oxygen atoms in total. The molecule has 0 saturated heterocycles. The van der Waals surface area contributed by atoms with E-state index in [1.54, 1.807) is 12.1 Å². The molecule has 0 aliphatic heterocycles. The second-order valence-electron chi connectivity index (χ2n) is 4.21. The zero-order chi connectivity index (χ0) is 14.5. The van der Waals surface area contributed by atoms with Crippen LogP contribution >= 0.6 is 0 Å². The molecule has 1 atom stereocenters. The van der Waals surface area contributed by atoms with Crippen LogP contribution in [0.15, 0.2) is 24.3 Å². The Balaban J connectivity index is 2.47. The second-order valence-corrected chi connectivity index (χ2v) is 4.21. The number of aliphatic hydroxyl groups excluding tert-OH is 1. The van der Waals surface area contributed by atoms with E-state index in [1.807, 2.05) is 5.32 Å². The molecule has 0 bridgehead atoms. The monoisotopic (exact) mass is 274 g/mol. The molecule has 7 heteroatoms. The van der Waals surface area contributed by atoms with Gasteiger partial charge in [-0.25, -0.2) is 8.78 Å². The number of phenolic OH excluding ortho intramolecular Hbond substituents is 1. The number of benzene rings is 1. The summed E-state index contributed by atoms with van der Waals surface area (Å²) in [4.78, 5) is 11.5. The minimum atomic E-state index is -3.35. The van der Waals surface area contributed by atoms with Crippen LogP contribution in [0.5, 0.6) is 5.75 Å². The molecule has 1 amide bonds. The lowest BCUT2D eigenvalue weighted by Gasteiger charge is -2.16. The SMILES string of the molecule is N[C@@H](Cc1ccc(O)cc1)C(=O)NCC(F)(F)CO. The van der Waals surface area contributed by atoms with Gasteiger partial charge >= 0.3 is 0 Å². The standard InChI is InChI=1S/C12H16F2N2O3/c13-12(14,7-17)6-16-11(19)10(15)5-8-1-3-9(18)4-2-8/h1-4,10,17-18H,5-7,15H2,(H,16,19)/t10-/m0/s1. The lowest BCUT2D eigenvalue weighted by molar-refractivity contribution is -0.125. The number of hydrogen-bond acceptors (Lipinski definition) is 4. The molecule has 0 fully saturated rings. The summed E-state index contributed by atoms with van der Waals surface area (Å²) in [6.45, 7) is -2.29. The first-order valence-corrected chi connectivity index (χ1v) is 5.64. The highest BCUT2D eigenvalue weighted by Gasteiger charge is 2.29. The highest BCUT2D eigenvalue weighted by Crippen LogP contribution is 2.12. The third-order valence-corrected chi connectivity index (χ3v) is 2.48. The van der Waals surface area contributed by atoms with Crippen molar-refractivity contribution in [1.29, 1.82) is 0 Å². The van der Waals surface area contributed by atoms with Gasteiger partial charge in [-0.05, 0) is 24.1 Å². The van der Waals surface area contributed by atoms with Gasteiger partial charge in [-0.1, -0.05) is 12.1 Å². The Labute approximate surface area is 109 Å². The van der Waals surface area contributed by atoms with Crippen molar-refractivity contribution in [2.24, 2.45) is 5.73 Å². The predicted molar refractivity (Wildman–Crippen MR) is 64.8 cm³/mol. The van der Waals surface area contributed by atoms with E-state index < -0.39 is 31.0 Å². The minimum Gasteiger partial charge on any atom is -0.508 e. The molecule has 0 heterocycles. The van der Waals surface area contributed by atoms with E-state index >= 15 is 0 Å². The number of phenols is 1. The molecule has 0 aliphatic rings. The van der Waals surface area contributed by atoms with Crippen LogP contribution in [0.4, 0.5) is 8.78 Å². The number of rotatable bonds is 6. The zero-order valence-electron chi connectivity index (χ0n) is 10.1. The van der Waals surface area contributed by atoms with Gasteiger partial charge in [0.15, 0.2) is 0 Å². The Morgan fingerprint density at radius 2 is 1.95 bits per heavy atom. The second kappa shape index (κ2) is 6.44. The largest absolute Gasteiger partial charge is 0.508 e. The quantitative estimate of drug-likeness (QED) is 0.587. The molecular formula is C12H16F2N2O3. The molecule has 0 radical (unpaired) electrons. The van der Waals surface area contributed by atoms with Crippen LogP contribution in [-0.2, 0) is 11.2 Å². The number of nitrogens with two attached hydrogens (primary N) is 1. The van der Waals surface area contributed by atoms with Crippen molar-refractivity contribution in [3.8, 4) is 5.75 Å². The highest BCUT2D eigenvalue weighted by molar-refractivity contribution is 5.81. The van der Waals surface area contributed by atoms with Crippen LogP contribution in [0.25, 0.3) is 0 Å². The van der Waals surface area contributed by atoms with Gasteiger partial charge in [0.1, 0.15) is 12.4 Å². The van der Waals surface area contributed by atoms with E-state index in [4.69, 9.17) is 15.9 Å². The molecule has 0 aromatic heterocycles. The molecule has 0 unspecified atom stereocenters. The normalized spacial score (nSPS) is 13.1. The highest BCUT2D eigenvalue weighted by atomic mass is 19.3. The number of hydrogen-bond donors (Lipinski definition) is 4. The maximum atomic E-state index is 12.7. The summed E-state index contributed by atoms with van der Waals surface area (Å²) in [7, 11) is 0. The number of carbonyl (C=O) groups is 1. The summed E-state index contributed by atoms with van der Waals surface area (Å²) in [6, 6.07) is 5.09. The number of halogens is 2. The number of aromatic hydroxyl groups is 1. The van der Waals surface area contributed by atoms with Crippen LogP contribution in [0.2, 0.25) is 0 Å². The molecule has 0 aliphatic carbocycles. The molecular weight excluding hydrogens is 258 g/mol. The van der Waals surface area contributed by atoms with Crippen molar-refractivity contribution in [1.82, 2.24) is 5.32 Å². The Bertz CT molecular complexity index is 423. The van der Waals surface area contributed by atoms with Crippen molar-refractivity contribution in [2.75, 3.05) is 13.2 Å². The molecule has 1 aromatic rings. The van der Waals surface area contributed by atoms with E-state index in [0.29, 0.717) is 5.56 Å². The fourth-order valence-electron chi connectivity index (χ4n) is 1.38. The van der Waals surface area contributed by atoms with Gasteiger partial charge < -0.3 is 21.3 Å². The summed E-state index contributed by atoms with van der Waals surface area (Å²) in [5.41, 5.74) is 6.28. The summed E-state index contributed by atoms with van der Waals surface area (Å²) < 4.78 is 25.4. The molecule has 19 heavy (non-hydrogen) atoms. The Morgan fingerprint density at radius 3 is 2.47 bits per heavy atom. The van der Waals surface area contributed by atoms with Gasteiger partial charge in [0.2, 0.25) is 5.91 Å². The fourth-order valence-corrected chi connectivity index (χ4v) is 1.38. The van der Waals surface area contributed by atoms with Crippen molar-refractivity contribution >= 4 is 5.91 Å². The molecule has 0 spiro atoms. The smallest absolute Gasteiger partial charge is 0.287 e. The number of carbonyl (C=O) groups excluding carboxylic acids is 1. The maximum Gasteiger partial charge on any atom is 0.287 e. The van der Waals surface area contributed by atoms with Crippen molar-refractivity contribution < 1.29 is 23.8 Å². The molecule has 1 rings (SSSR count). The van der Waals surface area contributed by atoms with Crippen molar-refractivity contribution in [3.05, 3.63) is 29.8 Å². The first kappa shape index (κ1) is 15.3. The van der Waals surface area contributed by atoms with E-state index in [2.05, 4.69) is 0 Å². The van der Waals surface area contributed by atoms with E-state index in [0.717, 1.165) is 0 Å². The van der Waals surface area contributed by atoms with Crippen molar-refractivity contribution in [2.45, 2.75) is 18.4 Å². The summed E-state index contributed by atoms with van der Waals surface area (Å²) in [6.07, 6.45) is 0.164. The first-order valence-electron chi connectivity index (χ1n) is 5.64. The third-order valence-electron chi connectivity index (χ3n) is 2.48. The van der Waals surface area contributed by atoms with Crippen molar-refractivity contribution in [3.63, 3.8) is 0 Å². The Hall–Kier alpha value is -1.73. The molecule has 0 saturated carbocycles.